The molecule has 19 heavy (non-hydrogen) atoms. The highest BCUT2D eigenvalue weighted by Crippen LogP contribution is 2.49. The summed E-state index contributed by atoms with van der Waals surface area (Å²) < 4.78 is 0. The van der Waals surface area contributed by atoms with Gasteiger partial charge in [0.25, 0.3) is 0 Å². The van der Waals surface area contributed by atoms with Crippen LogP contribution in [0.3, 0.4) is 0 Å². The molecule has 0 amide bonds. The molecule has 104 valence electrons. The molecule has 1 fully saturated rings. The summed E-state index contributed by atoms with van der Waals surface area (Å²) in [6.45, 7) is 7.42. The fraction of sp³-hybridized carbons (Fsp3) is 0.625. The second-order valence-electron chi connectivity index (χ2n) is 6.27. The summed E-state index contributed by atoms with van der Waals surface area (Å²) in [5, 5.41) is 10.3. The molecule has 0 bridgehead atoms. The zero-order valence-corrected chi connectivity index (χ0v) is 11.9. The molecule has 0 aromatic heterocycles. The van der Waals surface area contributed by atoms with Gasteiger partial charge in [-0.25, -0.2) is 0 Å². The predicted molar refractivity (Wildman–Crippen MR) is 77.4 cm³/mol. The Morgan fingerprint density at radius 2 is 2.16 bits per heavy atom. The number of nitrogens with two attached hydrogens (primary N) is 1. The molecule has 1 saturated heterocycles. The van der Waals surface area contributed by atoms with Gasteiger partial charge in [0.15, 0.2) is 0 Å². The van der Waals surface area contributed by atoms with Crippen molar-refractivity contribution < 1.29 is 5.11 Å². The Morgan fingerprint density at radius 3 is 2.84 bits per heavy atom. The molecular weight excluding hydrogens is 236 g/mol. The normalized spacial score (nSPS) is 30.8. The molecule has 3 N–H and O–H groups in total. The van der Waals surface area contributed by atoms with Crippen LogP contribution in [0.25, 0.3) is 0 Å². The van der Waals surface area contributed by atoms with Crippen molar-refractivity contribution in [3.63, 3.8) is 0 Å². The summed E-state index contributed by atoms with van der Waals surface area (Å²) in [5.74, 6) is 1.65. The van der Waals surface area contributed by atoms with Crippen LogP contribution < -0.4 is 5.73 Å². The number of benzene rings is 1. The van der Waals surface area contributed by atoms with Crippen molar-refractivity contribution in [1.82, 2.24) is 4.90 Å². The van der Waals surface area contributed by atoms with Crippen LogP contribution >= 0.6 is 0 Å². The Kier molecular flexibility index (Phi) is 3.27. The third kappa shape index (κ3) is 2.05. The van der Waals surface area contributed by atoms with Gasteiger partial charge in [0.2, 0.25) is 0 Å². The van der Waals surface area contributed by atoms with Gasteiger partial charge in [-0.1, -0.05) is 13.0 Å². The first-order valence-corrected chi connectivity index (χ1v) is 7.38. The van der Waals surface area contributed by atoms with E-state index < -0.39 is 0 Å². The van der Waals surface area contributed by atoms with Gasteiger partial charge in [-0.15, -0.1) is 0 Å². The average molecular weight is 260 g/mol. The third-order valence-electron chi connectivity index (χ3n) is 4.98. The van der Waals surface area contributed by atoms with Crippen molar-refractivity contribution in [1.29, 1.82) is 0 Å². The second-order valence-corrected chi connectivity index (χ2v) is 6.27. The molecule has 3 nitrogen and oxygen atoms in total. The maximum Gasteiger partial charge on any atom is 0.120 e. The Bertz CT molecular complexity index is 486. The SMILES string of the molecule is Cc1ccc(O)c2c1C(C)CC2N1CCC(CN)C1. The van der Waals surface area contributed by atoms with Crippen molar-refractivity contribution in [2.24, 2.45) is 11.7 Å². The Balaban J connectivity index is 1.94. The minimum Gasteiger partial charge on any atom is -0.508 e. The van der Waals surface area contributed by atoms with Gasteiger partial charge >= 0.3 is 0 Å². The summed E-state index contributed by atoms with van der Waals surface area (Å²) in [7, 11) is 0. The molecule has 1 aromatic rings. The maximum atomic E-state index is 10.3. The minimum atomic E-state index is 0.390. The number of phenols is 1. The predicted octanol–water partition coefficient (Wildman–Crippen LogP) is 2.53. The second kappa shape index (κ2) is 4.80. The van der Waals surface area contributed by atoms with Crippen molar-refractivity contribution in [3.8, 4) is 5.75 Å². The van der Waals surface area contributed by atoms with Crippen LogP contribution in [0, 0.1) is 12.8 Å². The quantitative estimate of drug-likeness (QED) is 0.859. The number of nitrogens with zero attached hydrogens (tertiary/aromatic N) is 1. The summed E-state index contributed by atoms with van der Waals surface area (Å²) in [4.78, 5) is 2.53. The van der Waals surface area contributed by atoms with E-state index in [0.717, 1.165) is 26.1 Å². The van der Waals surface area contributed by atoms with Crippen LogP contribution in [0.2, 0.25) is 0 Å². The Morgan fingerprint density at radius 1 is 1.37 bits per heavy atom. The van der Waals surface area contributed by atoms with Gasteiger partial charge in [-0.05, 0) is 61.9 Å². The van der Waals surface area contributed by atoms with Gasteiger partial charge in [0, 0.05) is 18.2 Å². The van der Waals surface area contributed by atoms with Crippen LogP contribution in [-0.2, 0) is 0 Å². The zero-order valence-electron chi connectivity index (χ0n) is 11.9. The zero-order chi connectivity index (χ0) is 13.6. The molecule has 2 aliphatic rings. The average Bonchev–Trinajstić information content (AvgIpc) is 2.98. The lowest BCUT2D eigenvalue weighted by Crippen LogP contribution is -2.26. The molecule has 1 aliphatic heterocycles. The van der Waals surface area contributed by atoms with Crippen LogP contribution in [0.4, 0.5) is 0 Å². The summed E-state index contributed by atoms with van der Waals surface area (Å²) in [6.07, 6.45) is 2.33. The van der Waals surface area contributed by atoms with E-state index in [1.807, 2.05) is 12.1 Å². The Labute approximate surface area is 115 Å². The fourth-order valence-electron chi connectivity index (χ4n) is 3.98. The van der Waals surface area contributed by atoms with Gasteiger partial charge in [-0.2, -0.15) is 0 Å². The van der Waals surface area contributed by atoms with Gasteiger partial charge in [0.1, 0.15) is 5.75 Å². The molecule has 1 aromatic carbocycles. The number of likely N-dealkylation sites (tertiary alicyclic amines) is 1. The number of aryl methyl sites for hydroxylation is 1. The number of phenolic OH excluding ortho intramolecular Hbond substituents is 1. The number of fused-ring (bicyclic) bond motifs is 1. The fourth-order valence-corrected chi connectivity index (χ4v) is 3.98. The molecule has 1 heterocycles. The number of aromatic hydroxyl groups is 1. The van der Waals surface area contributed by atoms with Crippen LogP contribution in [0.1, 0.15) is 48.4 Å². The molecule has 0 saturated carbocycles. The van der Waals surface area contributed by atoms with Crippen LogP contribution in [0.15, 0.2) is 12.1 Å². The minimum absolute atomic E-state index is 0.390. The molecule has 1 aliphatic carbocycles. The smallest absolute Gasteiger partial charge is 0.120 e. The lowest BCUT2D eigenvalue weighted by Gasteiger charge is -2.25. The summed E-state index contributed by atoms with van der Waals surface area (Å²) in [5.41, 5.74) is 9.67. The number of hydrogen-bond donors (Lipinski definition) is 2. The van der Waals surface area contributed by atoms with Gasteiger partial charge in [0.05, 0.1) is 0 Å². The number of hydrogen-bond acceptors (Lipinski definition) is 3. The topological polar surface area (TPSA) is 49.5 Å². The highest BCUT2D eigenvalue weighted by Gasteiger charge is 2.38. The largest absolute Gasteiger partial charge is 0.508 e. The van der Waals surface area contributed by atoms with E-state index in [0.29, 0.717) is 23.6 Å². The third-order valence-corrected chi connectivity index (χ3v) is 4.98. The highest BCUT2D eigenvalue weighted by atomic mass is 16.3. The molecule has 0 spiro atoms. The van der Waals surface area contributed by atoms with Gasteiger partial charge < -0.3 is 10.8 Å². The van der Waals surface area contributed by atoms with E-state index in [9.17, 15) is 5.11 Å². The van der Waals surface area contributed by atoms with E-state index in [4.69, 9.17) is 5.73 Å². The molecule has 3 heteroatoms. The van der Waals surface area contributed by atoms with E-state index in [1.54, 1.807) is 0 Å². The first-order chi connectivity index (χ1) is 9.11. The van der Waals surface area contributed by atoms with Crippen LogP contribution in [0.5, 0.6) is 5.75 Å². The Hall–Kier alpha value is -1.06. The molecule has 0 radical (unpaired) electrons. The summed E-state index contributed by atoms with van der Waals surface area (Å²) in [6, 6.07) is 4.29. The van der Waals surface area contributed by atoms with Crippen molar-refractivity contribution in [2.45, 2.75) is 38.6 Å². The molecule has 3 unspecified atom stereocenters. The lowest BCUT2D eigenvalue weighted by atomic mass is 9.97. The maximum absolute atomic E-state index is 10.3. The monoisotopic (exact) mass is 260 g/mol. The van der Waals surface area contributed by atoms with Crippen molar-refractivity contribution in [2.75, 3.05) is 19.6 Å². The van der Waals surface area contributed by atoms with Crippen molar-refractivity contribution >= 4 is 0 Å². The van der Waals surface area contributed by atoms with Crippen LogP contribution in [-0.4, -0.2) is 29.6 Å². The first-order valence-electron chi connectivity index (χ1n) is 7.38. The summed E-state index contributed by atoms with van der Waals surface area (Å²) >= 11 is 0. The lowest BCUT2D eigenvalue weighted by molar-refractivity contribution is 0.227. The molecule has 3 rings (SSSR count). The highest BCUT2D eigenvalue weighted by molar-refractivity contribution is 5.51. The van der Waals surface area contributed by atoms with E-state index in [2.05, 4.69) is 18.7 Å². The molecule has 3 atom stereocenters. The van der Waals surface area contributed by atoms with Crippen molar-refractivity contribution in [3.05, 3.63) is 28.8 Å². The first kappa shape index (κ1) is 12.9. The number of rotatable bonds is 2. The molecular formula is C16H24N2O. The van der Waals surface area contributed by atoms with E-state index >= 15 is 0 Å². The van der Waals surface area contributed by atoms with Gasteiger partial charge in [-0.3, -0.25) is 4.90 Å². The van der Waals surface area contributed by atoms with E-state index in [-0.39, 0.29) is 0 Å². The standard InChI is InChI=1S/C16H24N2O/c1-10-3-4-14(19)16-13(7-11(2)15(10)16)18-6-5-12(8-17)9-18/h3-4,11-13,19H,5-9,17H2,1-2H3. The van der Waals surface area contributed by atoms with E-state index in [1.165, 1.54) is 23.1 Å².